The number of aryl methyl sites for hydroxylation is 1. The summed E-state index contributed by atoms with van der Waals surface area (Å²) in [5, 5.41) is 9.60. The van der Waals surface area contributed by atoms with E-state index < -0.39 is 17.7 Å². The van der Waals surface area contributed by atoms with Crippen LogP contribution in [0.1, 0.15) is 50.8 Å². The van der Waals surface area contributed by atoms with Crippen molar-refractivity contribution in [2.75, 3.05) is 25.5 Å². The first-order chi connectivity index (χ1) is 12.1. The number of hydrogen-bond donors (Lipinski definition) is 1. The van der Waals surface area contributed by atoms with Crippen LogP contribution in [0.2, 0.25) is 0 Å². The monoisotopic (exact) mass is 359 g/mol. The Bertz CT molecular complexity index is 724. The average molecular weight is 359 g/mol. The predicted octanol–water partition coefficient (Wildman–Crippen LogP) is 3.12. The highest BCUT2D eigenvalue weighted by Crippen LogP contribution is 2.37. The molecule has 6 nitrogen and oxygen atoms in total. The summed E-state index contributed by atoms with van der Waals surface area (Å²) >= 11 is 0. The predicted molar refractivity (Wildman–Crippen MR) is 102 cm³/mol. The van der Waals surface area contributed by atoms with Gasteiger partial charge in [-0.15, -0.1) is 0 Å². The van der Waals surface area contributed by atoms with Crippen LogP contribution in [0.25, 0.3) is 0 Å². The van der Waals surface area contributed by atoms with Gasteiger partial charge in [-0.05, 0) is 77.4 Å². The maximum atomic E-state index is 13.0. The van der Waals surface area contributed by atoms with Crippen molar-refractivity contribution >= 4 is 17.7 Å². The summed E-state index contributed by atoms with van der Waals surface area (Å²) < 4.78 is 0. The van der Waals surface area contributed by atoms with Gasteiger partial charge in [0, 0.05) is 23.8 Å². The number of hydrogen-bond acceptors (Lipinski definition) is 3. The molecule has 26 heavy (non-hydrogen) atoms. The van der Waals surface area contributed by atoms with E-state index in [1.807, 2.05) is 26.8 Å². The summed E-state index contributed by atoms with van der Waals surface area (Å²) in [6, 6.07) is 6.06. The molecular formula is C20H29N3O3. The van der Waals surface area contributed by atoms with Gasteiger partial charge in [0.1, 0.15) is 6.04 Å². The molecule has 1 saturated heterocycles. The summed E-state index contributed by atoms with van der Waals surface area (Å²) in [7, 11) is 4.19. The normalized spacial score (nSPS) is 22.8. The van der Waals surface area contributed by atoms with Crippen molar-refractivity contribution in [2.24, 2.45) is 0 Å². The number of benzene rings is 1. The maximum absolute atomic E-state index is 13.0. The molecule has 6 heteroatoms. The largest absolute Gasteiger partial charge is 0.465 e. The third-order valence-corrected chi connectivity index (χ3v) is 5.53. The van der Waals surface area contributed by atoms with Crippen molar-refractivity contribution in [1.82, 2.24) is 9.80 Å². The zero-order chi connectivity index (χ0) is 19.2. The van der Waals surface area contributed by atoms with Gasteiger partial charge in [-0.2, -0.15) is 0 Å². The van der Waals surface area contributed by atoms with Gasteiger partial charge in [0.25, 0.3) is 0 Å². The first-order valence-electron chi connectivity index (χ1n) is 9.24. The summed E-state index contributed by atoms with van der Waals surface area (Å²) in [6.07, 6.45) is 1.60. The van der Waals surface area contributed by atoms with Crippen LogP contribution in [0.3, 0.4) is 0 Å². The first kappa shape index (κ1) is 18.7. The number of anilines is 1. The van der Waals surface area contributed by atoms with Crippen LogP contribution in [-0.4, -0.2) is 59.1 Å². The fourth-order valence-electron chi connectivity index (χ4n) is 4.33. The van der Waals surface area contributed by atoms with E-state index >= 15 is 0 Å². The van der Waals surface area contributed by atoms with Crippen LogP contribution in [0.4, 0.5) is 10.5 Å². The highest BCUT2D eigenvalue weighted by Gasteiger charge is 2.43. The smallest absolute Gasteiger partial charge is 0.408 e. The van der Waals surface area contributed by atoms with Gasteiger partial charge in [-0.25, -0.2) is 4.79 Å². The summed E-state index contributed by atoms with van der Waals surface area (Å²) in [5.74, 6) is -0.121. The summed E-state index contributed by atoms with van der Waals surface area (Å²) in [4.78, 5) is 30.0. The lowest BCUT2D eigenvalue weighted by molar-refractivity contribution is -0.122. The standard InChI is InChI=1S/C20H29N3O3/c1-20(2,3)23(19(25)26)17-10-11-22(18(17)24)14-7-8-15-13(12-14)6-9-16(15)21(4)5/h7-8,12,16-17H,6,9-11H2,1-5H3,(H,25,26). The number of carbonyl (C=O) groups excluding carboxylic acids is 1. The second-order valence-electron chi connectivity index (χ2n) is 8.52. The molecule has 0 spiro atoms. The van der Waals surface area contributed by atoms with Gasteiger partial charge in [0.05, 0.1) is 0 Å². The lowest BCUT2D eigenvalue weighted by Crippen LogP contribution is -2.54. The molecule has 1 N–H and O–H groups in total. The number of fused-ring (bicyclic) bond motifs is 1. The Kier molecular flexibility index (Phi) is 4.73. The van der Waals surface area contributed by atoms with Gasteiger partial charge in [0.15, 0.2) is 0 Å². The van der Waals surface area contributed by atoms with Crippen molar-refractivity contribution < 1.29 is 14.7 Å². The highest BCUT2D eigenvalue weighted by atomic mass is 16.4. The van der Waals surface area contributed by atoms with E-state index in [9.17, 15) is 14.7 Å². The molecule has 1 aliphatic carbocycles. The lowest BCUT2D eigenvalue weighted by Gasteiger charge is -2.36. The van der Waals surface area contributed by atoms with Crippen LogP contribution < -0.4 is 4.90 Å². The van der Waals surface area contributed by atoms with E-state index in [-0.39, 0.29) is 5.91 Å². The number of carbonyl (C=O) groups is 2. The molecule has 142 valence electrons. The molecule has 0 radical (unpaired) electrons. The van der Waals surface area contributed by atoms with Gasteiger partial charge in [0.2, 0.25) is 5.91 Å². The van der Waals surface area contributed by atoms with Crippen LogP contribution in [0.5, 0.6) is 0 Å². The molecule has 0 aromatic heterocycles. The van der Waals surface area contributed by atoms with E-state index in [0.29, 0.717) is 19.0 Å². The Labute approximate surface area is 155 Å². The summed E-state index contributed by atoms with van der Waals surface area (Å²) in [6.45, 7) is 6.04. The van der Waals surface area contributed by atoms with E-state index in [4.69, 9.17) is 0 Å². The van der Waals surface area contributed by atoms with Gasteiger partial charge in [-0.3, -0.25) is 9.69 Å². The van der Waals surface area contributed by atoms with Crippen molar-refractivity contribution in [3.8, 4) is 0 Å². The molecule has 3 rings (SSSR count). The van der Waals surface area contributed by atoms with Crippen LogP contribution in [0, 0.1) is 0 Å². The molecule has 0 saturated carbocycles. The number of amides is 2. The molecule has 2 amide bonds. The Morgan fingerprint density at radius 2 is 1.88 bits per heavy atom. The Balaban J connectivity index is 1.84. The highest BCUT2D eigenvalue weighted by molar-refractivity contribution is 6.01. The van der Waals surface area contributed by atoms with Gasteiger partial charge < -0.3 is 14.9 Å². The molecule has 2 aliphatic rings. The van der Waals surface area contributed by atoms with Crippen molar-refractivity contribution in [3.63, 3.8) is 0 Å². The molecule has 1 heterocycles. The van der Waals surface area contributed by atoms with E-state index in [0.717, 1.165) is 18.5 Å². The Morgan fingerprint density at radius 1 is 1.19 bits per heavy atom. The Morgan fingerprint density at radius 3 is 2.46 bits per heavy atom. The molecule has 1 aromatic carbocycles. The van der Waals surface area contributed by atoms with Gasteiger partial charge >= 0.3 is 6.09 Å². The minimum Gasteiger partial charge on any atom is -0.465 e. The fraction of sp³-hybridized carbons (Fsp3) is 0.600. The molecule has 2 atom stereocenters. The molecule has 1 aromatic rings. The number of nitrogens with zero attached hydrogens (tertiary/aromatic N) is 3. The van der Waals surface area contributed by atoms with E-state index in [1.54, 1.807) is 4.90 Å². The number of carboxylic acid groups (broad SMARTS) is 1. The second-order valence-corrected chi connectivity index (χ2v) is 8.52. The molecule has 1 aliphatic heterocycles. The first-order valence-corrected chi connectivity index (χ1v) is 9.24. The minimum absolute atomic E-state index is 0.121. The fourth-order valence-corrected chi connectivity index (χ4v) is 4.33. The molecule has 0 bridgehead atoms. The van der Waals surface area contributed by atoms with Crippen molar-refractivity contribution in [1.29, 1.82) is 0 Å². The van der Waals surface area contributed by atoms with Crippen molar-refractivity contribution in [2.45, 2.75) is 57.7 Å². The van der Waals surface area contributed by atoms with Gasteiger partial charge in [-0.1, -0.05) is 6.07 Å². The maximum Gasteiger partial charge on any atom is 0.408 e. The van der Waals surface area contributed by atoms with Crippen LogP contribution in [-0.2, 0) is 11.2 Å². The number of rotatable bonds is 3. The SMILES string of the molecule is CN(C)C1CCc2cc(N3CCC(N(C(=O)O)C(C)(C)C)C3=O)ccc21. The molecular weight excluding hydrogens is 330 g/mol. The van der Waals surface area contributed by atoms with Crippen molar-refractivity contribution in [3.05, 3.63) is 29.3 Å². The van der Waals surface area contributed by atoms with Crippen LogP contribution >= 0.6 is 0 Å². The lowest BCUT2D eigenvalue weighted by atomic mass is 10.0. The van der Waals surface area contributed by atoms with Crippen LogP contribution in [0.15, 0.2) is 18.2 Å². The quantitative estimate of drug-likeness (QED) is 0.901. The van der Waals surface area contributed by atoms with E-state index in [2.05, 4.69) is 31.1 Å². The zero-order valence-electron chi connectivity index (χ0n) is 16.3. The average Bonchev–Trinajstić information content (AvgIpc) is 3.09. The zero-order valence-corrected chi connectivity index (χ0v) is 16.3. The second kappa shape index (κ2) is 6.58. The third kappa shape index (κ3) is 3.18. The Hall–Kier alpha value is -2.08. The third-order valence-electron chi connectivity index (χ3n) is 5.53. The molecule has 1 fully saturated rings. The minimum atomic E-state index is -1.04. The summed E-state index contributed by atoms with van der Waals surface area (Å²) in [5.41, 5.74) is 2.90. The topological polar surface area (TPSA) is 64.1 Å². The molecule has 2 unspecified atom stereocenters. The van der Waals surface area contributed by atoms with E-state index in [1.165, 1.54) is 16.0 Å².